The molecular weight excluding hydrogens is 462 g/mol. The van der Waals surface area contributed by atoms with Gasteiger partial charge in [0.15, 0.2) is 0 Å². The number of aromatic nitrogens is 3. The summed E-state index contributed by atoms with van der Waals surface area (Å²) in [6.45, 7) is 0. The van der Waals surface area contributed by atoms with Gasteiger partial charge in [0.05, 0.1) is 33.8 Å². The minimum atomic E-state index is -5.01. The fraction of sp³-hybridized carbons (Fsp3) is 0.0870. The van der Waals surface area contributed by atoms with E-state index in [1.165, 1.54) is 17.1 Å². The number of hydrogen-bond acceptors (Lipinski definition) is 3. The van der Waals surface area contributed by atoms with E-state index in [2.05, 4.69) is 15.1 Å². The molecule has 2 heterocycles. The van der Waals surface area contributed by atoms with Gasteiger partial charge in [0.1, 0.15) is 0 Å². The normalized spacial score (nSPS) is 12.4. The molecule has 0 aliphatic heterocycles. The van der Waals surface area contributed by atoms with Crippen molar-refractivity contribution in [3.05, 3.63) is 100 Å². The fourth-order valence-electron chi connectivity index (χ4n) is 3.21. The molecule has 1 N–H and O–H groups in total. The van der Waals surface area contributed by atoms with E-state index in [-0.39, 0.29) is 17.3 Å². The van der Waals surface area contributed by atoms with Gasteiger partial charge in [-0.15, -0.1) is 0 Å². The Morgan fingerprint density at radius 1 is 0.882 bits per heavy atom. The molecule has 0 saturated carbocycles. The van der Waals surface area contributed by atoms with E-state index in [1.807, 2.05) is 0 Å². The molecule has 0 bridgehead atoms. The van der Waals surface area contributed by atoms with E-state index in [0.717, 1.165) is 6.21 Å². The molecule has 2 aromatic heterocycles. The molecule has 5 nitrogen and oxygen atoms in total. The SMILES string of the molecule is O=c1c(C=Nc2cc(C(F)(F)F)cc(C(F)(F)F)c2)c(-c2cccnc2)[nH]n1-c1ccccc1. The van der Waals surface area contributed by atoms with E-state index in [4.69, 9.17) is 0 Å². The number of rotatable bonds is 4. The van der Waals surface area contributed by atoms with Crippen molar-refractivity contribution < 1.29 is 26.3 Å². The van der Waals surface area contributed by atoms with Crippen LogP contribution in [0.3, 0.4) is 0 Å². The van der Waals surface area contributed by atoms with Gasteiger partial charge in [-0.3, -0.25) is 19.9 Å². The lowest BCUT2D eigenvalue weighted by Crippen LogP contribution is -2.17. The minimum Gasteiger partial charge on any atom is -0.290 e. The lowest BCUT2D eigenvalue weighted by Gasteiger charge is -2.12. The number of halogens is 6. The van der Waals surface area contributed by atoms with Crippen LogP contribution in [-0.2, 0) is 12.4 Å². The number of pyridine rings is 1. The second-order valence-electron chi connectivity index (χ2n) is 7.14. The predicted molar refractivity (Wildman–Crippen MR) is 113 cm³/mol. The van der Waals surface area contributed by atoms with Crippen LogP contribution in [-0.4, -0.2) is 21.0 Å². The van der Waals surface area contributed by atoms with Crippen LogP contribution in [0.5, 0.6) is 0 Å². The van der Waals surface area contributed by atoms with E-state index in [1.54, 1.807) is 42.5 Å². The average Bonchev–Trinajstić information content (AvgIpc) is 3.13. The zero-order valence-electron chi connectivity index (χ0n) is 17.0. The van der Waals surface area contributed by atoms with Crippen LogP contribution < -0.4 is 5.56 Å². The Hall–Kier alpha value is -4.15. The first-order chi connectivity index (χ1) is 16.0. The Balaban J connectivity index is 1.87. The van der Waals surface area contributed by atoms with Gasteiger partial charge in [-0.1, -0.05) is 18.2 Å². The lowest BCUT2D eigenvalue weighted by molar-refractivity contribution is -0.143. The van der Waals surface area contributed by atoms with Gasteiger partial charge in [-0.05, 0) is 42.5 Å². The molecular formula is C23H14F6N4O. The van der Waals surface area contributed by atoms with Crippen LogP contribution >= 0.6 is 0 Å². The summed E-state index contributed by atoms with van der Waals surface area (Å²) in [4.78, 5) is 20.9. The van der Waals surface area contributed by atoms with Gasteiger partial charge in [0, 0.05) is 24.2 Å². The first-order valence-electron chi connectivity index (χ1n) is 9.68. The summed E-state index contributed by atoms with van der Waals surface area (Å²) in [6, 6.07) is 12.7. The maximum absolute atomic E-state index is 13.2. The van der Waals surface area contributed by atoms with E-state index in [0.29, 0.717) is 23.4 Å². The number of H-pyrrole nitrogens is 1. The van der Waals surface area contributed by atoms with Gasteiger partial charge in [-0.25, -0.2) is 4.68 Å². The minimum absolute atomic E-state index is 0.0127. The molecule has 34 heavy (non-hydrogen) atoms. The van der Waals surface area contributed by atoms with Crippen molar-refractivity contribution in [3.8, 4) is 16.9 Å². The first-order valence-corrected chi connectivity index (χ1v) is 9.68. The summed E-state index contributed by atoms with van der Waals surface area (Å²) in [7, 11) is 0. The number of benzene rings is 2. The Morgan fingerprint density at radius 2 is 1.53 bits per heavy atom. The number of aromatic amines is 1. The molecule has 11 heteroatoms. The summed E-state index contributed by atoms with van der Waals surface area (Å²) in [5.74, 6) is 0. The Morgan fingerprint density at radius 3 is 2.09 bits per heavy atom. The molecule has 2 aromatic carbocycles. The molecule has 4 aromatic rings. The predicted octanol–water partition coefficient (Wildman–Crippen LogP) is 6.02. The van der Waals surface area contributed by atoms with Gasteiger partial charge >= 0.3 is 12.4 Å². The summed E-state index contributed by atoms with van der Waals surface area (Å²) in [6.07, 6.45) is -6.13. The Bertz CT molecular complexity index is 1350. The summed E-state index contributed by atoms with van der Waals surface area (Å²) < 4.78 is 80.1. The maximum atomic E-state index is 13.2. The molecule has 0 radical (unpaired) electrons. The maximum Gasteiger partial charge on any atom is 0.416 e. The van der Waals surface area contributed by atoms with Crippen LogP contribution in [0.1, 0.15) is 16.7 Å². The quantitative estimate of drug-likeness (QED) is 0.289. The smallest absolute Gasteiger partial charge is 0.290 e. The van der Waals surface area contributed by atoms with Crippen LogP contribution in [0.2, 0.25) is 0 Å². The van der Waals surface area contributed by atoms with Crippen molar-refractivity contribution in [1.29, 1.82) is 0 Å². The third-order valence-corrected chi connectivity index (χ3v) is 4.81. The van der Waals surface area contributed by atoms with Crippen molar-refractivity contribution in [3.63, 3.8) is 0 Å². The van der Waals surface area contributed by atoms with Gasteiger partial charge in [0.2, 0.25) is 0 Å². The van der Waals surface area contributed by atoms with Gasteiger partial charge < -0.3 is 0 Å². The second kappa shape index (κ2) is 8.65. The molecule has 0 fully saturated rings. The van der Waals surface area contributed by atoms with Crippen molar-refractivity contribution in [1.82, 2.24) is 14.8 Å². The number of nitrogens with one attached hydrogen (secondary N) is 1. The standard InChI is InChI=1S/C23H14F6N4O/c24-22(25,26)15-9-16(23(27,28)29)11-17(10-15)31-13-19-20(14-5-4-8-30-12-14)32-33(21(19)34)18-6-2-1-3-7-18/h1-13,32H. The second-order valence-corrected chi connectivity index (χ2v) is 7.14. The van der Waals surface area contributed by atoms with E-state index >= 15 is 0 Å². The van der Waals surface area contributed by atoms with Crippen LogP contribution in [0.15, 0.2) is 82.8 Å². The zero-order chi connectivity index (χ0) is 24.5. The molecule has 0 aliphatic carbocycles. The topological polar surface area (TPSA) is 63.0 Å². The Kier molecular flexibility index (Phi) is 5.86. The van der Waals surface area contributed by atoms with Crippen LogP contribution in [0, 0.1) is 0 Å². The summed E-state index contributed by atoms with van der Waals surface area (Å²) in [5.41, 5.74) is -3.10. The highest BCUT2D eigenvalue weighted by atomic mass is 19.4. The van der Waals surface area contributed by atoms with Crippen molar-refractivity contribution >= 4 is 11.9 Å². The molecule has 0 spiro atoms. The third kappa shape index (κ3) is 4.77. The van der Waals surface area contributed by atoms with Crippen LogP contribution in [0.25, 0.3) is 16.9 Å². The monoisotopic (exact) mass is 476 g/mol. The lowest BCUT2D eigenvalue weighted by atomic mass is 10.1. The Labute approximate surface area is 188 Å². The summed E-state index contributed by atoms with van der Waals surface area (Å²) >= 11 is 0. The molecule has 0 unspecified atom stereocenters. The number of nitrogens with zero attached hydrogens (tertiary/aromatic N) is 3. The molecule has 4 rings (SSSR count). The highest BCUT2D eigenvalue weighted by molar-refractivity contribution is 5.90. The molecule has 174 valence electrons. The average molecular weight is 476 g/mol. The molecule has 0 aliphatic rings. The number of para-hydroxylation sites is 1. The molecule has 0 saturated heterocycles. The largest absolute Gasteiger partial charge is 0.416 e. The van der Waals surface area contributed by atoms with E-state index in [9.17, 15) is 31.1 Å². The molecule has 0 amide bonds. The van der Waals surface area contributed by atoms with Crippen molar-refractivity contribution in [2.24, 2.45) is 4.99 Å². The fourth-order valence-corrected chi connectivity index (χ4v) is 3.21. The summed E-state index contributed by atoms with van der Waals surface area (Å²) in [5, 5.41) is 2.90. The number of aliphatic imine (C=N–C) groups is 1. The highest BCUT2D eigenvalue weighted by Gasteiger charge is 2.37. The zero-order valence-corrected chi connectivity index (χ0v) is 17.0. The first kappa shape index (κ1) is 23.0. The number of hydrogen-bond donors (Lipinski definition) is 1. The van der Waals surface area contributed by atoms with Gasteiger partial charge in [-0.2, -0.15) is 26.3 Å². The number of alkyl halides is 6. The van der Waals surface area contributed by atoms with E-state index < -0.39 is 34.7 Å². The van der Waals surface area contributed by atoms with Gasteiger partial charge in [0.25, 0.3) is 5.56 Å². The van der Waals surface area contributed by atoms with Crippen molar-refractivity contribution in [2.45, 2.75) is 12.4 Å². The van der Waals surface area contributed by atoms with Crippen LogP contribution in [0.4, 0.5) is 32.0 Å². The van der Waals surface area contributed by atoms with Crippen molar-refractivity contribution in [2.75, 3.05) is 0 Å². The molecule has 0 atom stereocenters. The highest BCUT2D eigenvalue weighted by Crippen LogP contribution is 2.38. The third-order valence-electron chi connectivity index (χ3n) is 4.81.